The maximum absolute atomic E-state index is 13.3. The summed E-state index contributed by atoms with van der Waals surface area (Å²) >= 11 is 0. The molecule has 1 aliphatic heterocycles. The van der Waals surface area contributed by atoms with Gasteiger partial charge in [-0.15, -0.1) is 0 Å². The van der Waals surface area contributed by atoms with Crippen molar-refractivity contribution in [2.75, 3.05) is 25.5 Å². The maximum atomic E-state index is 13.3. The first-order valence-corrected chi connectivity index (χ1v) is 12.4. The topological polar surface area (TPSA) is 121 Å². The van der Waals surface area contributed by atoms with Gasteiger partial charge in [0.1, 0.15) is 17.3 Å². The molecule has 40 heavy (non-hydrogen) atoms. The van der Waals surface area contributed by atoms with Crippen LogP contribution < -0.4 is 15.4 Å². The molecule has 3 N–H and O–H groups in total. The van der Waals surface area contributed by atoms with Crippen LogP contribution in [0.1, 0.15) is 23.2 Å². The second-order valence-corrected chi connectivity index (χ2v) is 9.11. The van der Waals surface area contributed by atoms with E-state index in [2.05, 4.69) is 30.4 Å². The molecule has 0 spiro atoms. The predicted octanol–water partition coefficient (Wildman–Crippen LogP) is 4.59. The average Bonchev–Trinajstić information content (AvgIpc) is 3.40. The van der Waals surface area contributed by atoms with Crippen LogP contribution >= 0.6 is 0 Å². The van der Waals surface area contributed by atoms with Crippen LogP contribution in [0.25, 0.3) is 22.3 Å². The maximum Gasteiger partial charge on any atom is 0.493 e. The number of aromatic amines is 1. The number of H-pyrrole nitrogens is 1. The molecule has 1 aliphatic rings. The summed E-state index contributed by atoms with van der Waals surface area (Å²) in [5, 5.41) is 7.62. The van der Waals surface area contributed by atoms with Crippen LogP contribution in [0.4, 0.5) is 24.7 Å². The van der Waals surface area contributed by atoms with Gasteiger partial charge in [0.05, 0.1) is 36.9 Å². The Balaban J connectivity index is 1.38. The summed E-state index contributed by atoms with van der Waals surface area (Å²) in [4.78, 5) is 41.6. The number of anilines is 2. The first-order valence-electron chi connectivity index (χ1n) is 12.4. The molecule has 1 fully saturated rings. The second-order valence-electron chi connectivity index (χ2n) is 9.11. The second kappa shape index (κ2) is 11.2. The van der Waals surface area contributed by atoms with Crippen LogP contribution in [0.3, 0.4) is 0 Å². The van der Waals surface area contributed by atoms with Gasteiger partial charge in [0.25, 0.3) is 5.91 Å². The fraction of sp³-hybridized carbons (Fsp3) is 0.259. The van der Waals surface area contributed by atoms with Crippen molar-refractivity contribution in [1.82, 2.24) is 25.3 Å². The predicted molar refractivity (Wildman–Crippen MR) is 140 cm³/mol. The Kier molecular flexibility index (Phi) is 7.56. The van der Waals surface area contributed by atoms with Crippen LogP contribution in [-0.2, 0) is 9.63 Å². The van der Waals surface area contributed by atoms with E-state index in [4.69, 9.17) is 4.74 Å². The fourth-order valence-corrected chi connectivity index (χ4v) is 4.42. The van der Waals surface area contributed by atoms with E-state index in [1.807, 2.05) is 30.3 Å². The van der Waals surface area contributed by atoms with Crippen molar-refractivity contribution in [3.8, 4) is 17.1 Å². The minimum absolute atomic E-state index is 0.0270. The van der Waals surface area contributed by atoms with Crippen LogP contribution in [0, 0.1) is 0 Å². The number of alkyl halides is 3. The van der Waals surface area contributed by atoms with Crippen molar-refractivity contribution in [3.05, 3.63) is 66.5 Å². The van der Waals surface area contributed by atoms with Crippen molar-refractivity contribution >= 4 is 34.3 Å². The molecule has 13 heteroatoms. The quantitative estimate of drug-likeness (QED) is 0.296. The highest BCUT2D eigenvalue weighted by Crippen LogP contribution is 2.31. The number of hydrogen-bond donors (Lipinski definition) is 3. The van der Waals surface area contributed by atoms with Crippen molar-refractivity contribution in [2.24, 2.45) is 0 Å². The van der Waals surface area contributed by atoms with E-state index in [9.17, 15) is 22.8 Å². The highest BCUT2D eigenvalue weighted by molar-refractivity contribution is 5.96. The number of rotatable bonds is 6. The molecule has 0 saturated carbocycles. The fourth-order valence-electron chi connectivity index (χ4n) is 4.42. The number of carbonyl (C=O) groups excluding carboxylic acids is 2. The molecule has 0 radical (unpaired) electrons. The number of halogens is 3. The normalized spacial score (nSPS) is 15.4. The number of nitrogens with one attached hydrogen (secondary N) is 3. The standard InChI is InChI=1S/C27H25F3N6O4/c1-39-23-12-17(25(37)36(18-6-4-10-31-13-18)40-26(38)27(28,29)30)8-9-20(23)34-24-15-32-14-22(35-24)21-11-16-5-2-3-7-19(16)33-21/h2-3,5,7-9,11-12,14-15,18,31,33H,4,6,10,13H2,1H3,(H,34,35). The van der Waals surface area contributed by atoms with E-state index < -0.39 is 24.1 Å². The lowest BCUT2D eigenvalue weighted by Gasteiger charge is -2.32. The number of benzene rings is 2. The summed E-state index contributed by atoms with van der Waals surface area (Å²) in [6.45, 7) is 0.823. The Morgan fingerprint density at radius 1 is 1.12 bits per heavy atom. The highest BCUT2D eigenvalue weighted by Gasteiger charge is 2.44. The minimum atomic E-state index is -5.26. The number of para-hydroxylation sites is 1. The molecule has 208 valence electrons. The van der Waals surface area contributed by atoms with Gasteiger partial charge in [0, 0.05) is 23.0 Å². The smallest absolute Gasteiger partial charge is 0.493 e. The zero-order valence-electron chi connectivity index (χ0n) is 21.3. The van der Waals surface area contributed by atoms with Gasteiger partial charge in [-0.3, -0.25) is 9.78 Å². The summed E-state index contributed by atoms with van der Waals surface area (Å²) < 4.78 is 44.3. The van der Waals surface area contributed by atoms with Gasteiger partial charge in [0.2, 0.25) is 0 Å². The third-order valence-electron chi connectivity index (χ3n) is 6.37. The van der Waals surface area contributed by atoms with Crippen LogP contribution in [0.15, 0.2) is 60.9 Å². The Morgan fingerprint density at radius 2 is 1.95 bits per heavy atom. The third kappa shape index (κ3) is 5.83. The van der Waals surface area contributed by atoms with Crippen molar-refractivity contribution in [1.29, 1.82) is 0 Å². The number of hydrogen-bond acceptors (Lipinski definition) is 8. The van der Waals surface area contributed by atoms with Gasteiger partial charge in [-0.25, -0.2) is 9.78 Å². The molecule has 3 heterocycles. The highest BCUT2D eigenvalue weighted by atomic mass is 19.4. The van der Waals surface area contributed by atoms with Gasteiger partial charge < -0.3 is 25.2 Å². The van der Waals surface area contributed by atoms with E-state index in [0.29, 0.717) is 41.6 Å². The largest absolute Gasteiger partial charge is 0.495 e. The van der Waals surface area contributed by atoms with Gasteiger partial charge in [0.15, 0.2) is 0 Å². The lowest BCUT2D eigenvalue weighted by atomic mass is 10.1. The number of methoxy groups -OCH3 is 1. The van der Waals surface area contributed by atoms with Crippen LogP contribution in [0.2, 0.25) is 0 Å². The van der Waals surface area contributed by atoms with E-state index in [0.717, 1.165) is 16.6 Å². The van der Waals surface area contributed by atoms with Gasteiger partial charge in [-0.2, -0.15) is 18.2 Å². The van der Waals surface area contributed by atoms with Crippen molar-refractivity contribution in [3.63, 3.8) is 0 Å². The molecule has 1 saturated heterocycles. The number of fused-ring (bicyclic) bond motifs is 1. The lowest BCUT2D eigenvalue weighted by Crippen LogP contribution is -2.50. The number of aromatic nitrogens is 3. The number of amides is 1. The molecule has 2 aromatic heterocycles. The summed E-state index contributed by atoms with van der Waals surface area (Å²) in [5.74, 6) is -2.77. The SMILES string of the molecule is COc1cc(C(=O)N(OC(=O)C(F)(F)F)C2CCCNC2)ccc1Nc1cncc(-c2cc3ccccc3[nH]2)n1. The zero-order valence-corrected chi connectivity index (χ0v) is 21.3. The summed E-state index contributed by atoms with van der Waals surface area (Å²) in [5.41, 5.74) is 2.73. The molecule has 1 atom stereocenters. The summed E-state index contributed by atoms with van der Waals surface area (Å²) in [6.07, 6.45) is -1.16. The van der Waals surface area contributed by atoms with E-state index >= 15 is 0 Å². The van der Waals surface area contributed by atoms with E-state index in [-0.39, 0.29) is 17.9 Å². The number of ether oxygens (including phenoxy) is 1. The average molecular weight is 555 g/mol. The first kappa shape index (κ1) is 26.9. The van der Waals surface area contributed by atoms with Crippen LogP contribution in [-0.4, -0.2) is 64.3 Å². The molecule has 4 aromatic rings. The molecule has 5 rings (SSSR count). The van der Waals surface area contributed by atoms with E-state index in [1.165, 1.54) is 31.5 Å². The Hall–Kier alpha value is -4.65. The first-order chi connectivity index (χ1) is 19.2. The number of piperidine rings is 1. The Labute approximate surface area is 226 Å². The van der Waals surface area contributed by atoms with Crippen LogP contribution in [0.5, 0.6) is 5.75 Å². The number of carbonyl (C=O) groups is 2. The molecule has 1 amide bonds. The lowest BCUT2D eigenvalue weighted by molar-refractivity contribution is -0.234. The molecule has 2 aromatic carbocycles. The Morgan fingerprint density at radius 3 is 2.67 bits per heavy atom. The molecule has 10 nitrogen and oxygen atoms in total. The van der Waals surface area contributed by atoms with Gasteiger partial charge in [-0.1, -0.05) is 18.2 Å². The van der Waals surface area contributed by atoms with Gasteiger partial charge in [-0.05, 0) is 49.7 Å². The van der Waals surface area contributed by atoms with Gasteiger partial charge >= 0.3 is 12.1 Å². The monoisotopic (exact) mass is 554 g/mol. The number of hydroxylamine groups is 2. The molecule has 1 unspecified atom stereocenters. The molecular formula is C27H25F3N6O4. The number of nitrogens with zero attached hydrogens (tertiary/aromatic N) is 3. The van der Waals surface area contributed by atoms with E-state index in [1.54, 1.807) is 6.20 Å². The van der Waals surface area contributed by atoms with Crippen molar-refractivity contribution in [2.45, 2.75) is 25.1 Å². The Bertz CT molecular complexity index is 1500. The molecular weight excluding hydrogens is 529 g/mol. The molecule has 0 bridgehead atoms. The minimum Gasteiger partial charge on any atom is -0.495 e. The van der Waals surface area contributed by atoms with Crippen molar-refractivity contribution < 1.29 is 32.3 Å². The summed E-state index contributed by atoms with van der Waals surface area (Å²) in [7, 11) is 1.38. The summed E-state index contributed by atoms with van der Waals surface area (Å²) in [6, 6.07) is 13.3. The molecule has 0 aliphatic carbocycles. The third-order valence-corrected chi connectivity index (χ3v) is 6.37. The zero-order chi connectivity index (χ0) is 28.3.